The van der Waals surface area contributed by atoms with Crippen LogP contribution in [0.3, 0.4) is 0 Å². The lowest BCUT2D eigenvalue weighted by Gasteiger charge is -2.24. The number of para-hydroxylation sites is 2. The first-order valence-corrected chi connectivity index (χ1v) is 10.5. The molecular weight excluding hydrogens is 362 g/mol. The Morgan fingerprint density at radius 3 is 2.86 bits per heavy atom. The van der Waals surface area contributed by atoms with Gasteiger partial charge in [-0.1, -0.05) is 24.3 Å². The highest BCUT2D eigenvalue weighted by Crippen LogP contribution is 2.33. The van der Waals surface area contributed by atoms with Gasteiger partial charge in [0.1, 0.15) is 11.6 Å². The van der Waals surface area contributed by atoms with Crippen LogP contribution >= 0.6 is 0 Å². The van der Waals surface area contributed by atoms with E-state index in [1.807, 2.05) is 17.0 Å². The van der Waals surface area contributed by atoms with Crippen LogP contribution in [0.4, 0.5) is 0 Å². The van der Waals surface area contributed by atoms with Gasteiger partial charge in [-0.25, -0.2) is 4.98 Å². The van der Waals surface area contributed by atoms with Gasteiger partial charge in [0.25, 0.3) is 0 Å². The maximum Gasteiger partial charge on any atom is 0.220 e. The Morgan fingerprint density at radius 2 is 2.03 bits per heavy atom. The van der Waals surface area contributed by atoms with Crippen LogP contribution in [0.5, 0.6) is 5.75 Å². The second-order valence-electron chi connectivity index (χ2n) is 7.95. The summed E-state index contributed by atoms with van der Waals surface area (Å²) in [6.45, 7) is 8.11. The maximum absolute atomic E-state index is 12.1. The van der Waals surface area contributed by atoms with Crippen molar-refractivity contribution in [3.63, 3.8) is 0 Å². The van der Waals surface area contributed by atoms with Crippen molar-refractivity contribution in [2.45, 2.75) is 52.6 Å². The number of hydrogen-bond acceptors (Lipinski definition) is 3. The van der Waals surface area contributed by atoms with Crippen molar-refractivity contribution in [2.24, 2.45) is 0 Å². The Bertz CT molecular complexity index is 1020. The first kappa shape index (κ1) is 19.5. The van der Waals surface area contributed by atoms with Crippen molar-refractivity contribution in [3.8, 4) is 5.75 Å². The van der Waals surface area contributed by atoms with Gasteiger partial charge in [-0.2, -0.15) is 0 Å². The van der Waals surface area contributed by atoms with E-state index in [9.17, 15) is 4.79 Å². The van der Waals surface area contributed by atoms with E-state index in [-0.39, 0.29) is 11.9 Å². The van der Waals surface area contributed by atoms with Gasteiger partial charge in [0.05, 0.1) is 23.7 Å². The number of amides is 1. The topological polar surface area (TPSA) is 47.4 Å². The average molecular weight is 392 g/mol. The van der Waals surface area contributed by atoms with Gasteiger partial charge >= 0.3 is 0 Å². The van der Waals surface area contributed by atoms with Crippen molar-refractivity contribution in [2.75, 3.05) is 13.2 Å². The molecule has 5 heteroatoms. The summed E-state index contributed by atoms with van der Waals surface area (Å²) >= 11 is 0. The van der Waals surface area contributed by atoms with E-state index in [1.54, 1.807) is 6.92 Å². The van der Waals surface area contributed by atoms with E-state index in [2.05, 4.69) is 48.7 Å². The molecule has 0 aliphatic carbocycles. The smallest absolute Gasteiger partial charge is 0.220 e. The van der Waals surface area contributed by atoms with Crippen molar-refractivity contribution >= 4 is 16.9 Å². The Morgan fingerprint density at radius 1 is 1.21 bits per heavy atom. The van der Waals surface area contributed by atoms with Gasteiger partial charge in [-0.3, -0.25) is 4.79 Å². The van der Waals surface area contributed by atoms with Gasteiger partial charge in [-0.15, -0.1) is 0 Å². The van der Waals surface area contributed by atoms with E-state index in [4.69, 9.17) is 9.72 Å². The molecule has 3 aromatic rings. The molecule has 0 radical (unpaired) electrons. The molecule has 1 aliphatic rings. The number of benzene rings is 2. The molecule has 0 N–H and O–H groups in total. The maximum atomic E-state index is 12.1. The number of carbonyl (C=O) groups excluding carboxylic acids is 1. The number of rotatable bonds is 6. The van der Waals surface area contributed by atoms with E-state index in [0.29, 0.717) is 6.61 Å². The lowest BCUT2D eigenvalue weighted by molar-refractivity contribution is -0.129. The molecule has 1 saturated heterocycles. The summed E-state index contributed by atoms with van der Waals surface area (Å²) in [6.07, 6.45) is 2.89. The van der Waals surface area contributed by atoms with Crippen molar-refractivity contribution < 1.29 is 9.53 Å². The number of imidazole rings is 1. The fraction of sp³-hybridized carbons (Fsp3) is 0.417. The largest absolute Gasteiger partial charge is 0.493 e. The van der Waals surface area contributed by atoms with Gasteiger partial charge in [0, 0.05) is 20.0 Å². The first-order chi connectivity index (χ1) is 14.0. The highest BCUT2D eigenvalue weighted by Gasteiger charge is 2.32. The molecule has 1 fully saturated rings. The molecule has 4 rings (SSSR count). The predicted molar refractivity (Wildman–Crippen MR) is 115 cm³/mol. The predicted octanol–water partition coefficient (Wildman–Crippen LogP) is 4.81. The van der Waals surface area contributed by atoms with Gasteiger partial charge < -0.3 is 14.2 Å². The number of nitrogens with zero attached hydrogens (tertiary/aromatic N) is 3. The van der Waals surface area contributed by atoms with Crippen LogP contribution in [-0.4, -0.2) is 33.5 Å². The number of carbonyl (C=O) groups is 1. The molecule has 0 bridgehead atoms. The van der Waals surface area contributed by atoms with E-state index in [1.165, 1.54) is 5.56 Å². The van der Waals surface area contributed by atoms with Crippen molar-refractivity contribution in [3.05, 3.63) is 59.4 Å². The molecule has 2 aromatic carbocycles. The summed E-state index contributed by atoms with van der Waals surface area (Å²) in [4.78, 5) is 19.0. The Labute approximate surface area is 172 Å². The molecule has 0 unspecified atom stereocenters. The third-order valence-corrected chi connectivity index (χ3v) is 5.77. The number of hydrogen-bond donors (Lipinski definition) is 0. The molecule has 152 valence electrons. The van der Waals surface area contributed by atoms with Gasteiger partial charge in [-0.05, 0) is 62.4 Å². The summed E-state index contributed by atoms with van der Waals surface area (Å²) in [7, 11) is 0. The number of ether oxygens (including phenoxy) is 1. The summed E-state index contributed by atoms with van der Waals surface area (Å²) in [5.41, 5.74) is 4.49. The van der Waals surface area contributed by atoms with E-state index >= 15 is 0 Å². The SMILES string of the molecule is CC(=O)N1CCC[C@@H]1c1nc2ccccc2n1CCCOc1cc(C)ccc1C. The summed E-state index contributed by atoms with van der Waals surface area (Å²) in [5, 5.41) is 0. The summed E-state index contributed by atoms with van der Waals surface area (Å²) in [6, 6.07) is 14.6. The summed E-state index contributed by atoms with van der Waals surface area (Å²) < 4.78 is 8.34. The Hall–Kier alpha value is -2.82. The average Bonchev–Trinajstić information content (AvgIpc) is 3.32. The van der Waals surface area contributed by atoms with Crippen LogP contribution in [0.15, 0.2) is 42.5 Å². The second kappa shape index (κ2) is 8.27. The fourth-order valence-electron chi connectivity index (χ4n) is 4.26. The van der Waals surface area contributed by atoms with Gasteiger partial charge in [0.2, 0.25) is 5.91 Å². The zero-order chi connectivity index (χ0) is 20.4. The minimum atomic E-state index is 0.0693. The second-order valence-corrected chi connectivity index (χ2v) is 7.95. The number of likely N-dealkylation sites (tertiary alicyclic amines) is 1. The Balaban J connectivity index is 1.53. The molecule has 1 aliphatic heterocycles. The molecule has 1 amide bonds. The van der Waals surface area contributed by atoms with Gasteiger partial charge in [0.15, 0.2) is 0 Å². The monoisotopic (exact) mass is 391 g/mol. The lowest BCUT2D eigenvalue weighted by Crippen LogP contribution is -2.30. The molecule has 1 aromatic heterocycles. The van der Waals surface area contributed by atoms with E-state index < -0.39 is 0 Å². The molecule has 1 atom stereocenters. The minimum Gasteiger partial charge on any atom is -0.493 e. The quantitative estimate of drug-likeness (QED) is 0.567. The van der Waals surface area contributed by atoms with Crippen molar-refractivity contribution in [1.82, 2.24) is 14.5 Å². The first-order valence-electron chi connectivity index (χ1n) is 10.5. The van der Waals surface area contributed by atoms with Crippen LogP contribution in [-0.2, 0) is 11.3 Å². The minimum absolute atomic E-state index is 0.0693. The highest BCUT2D eigenvalue weighted by molar-refractivity contribution is 5.77. The molecule has 2 heterocycles. The van der Waals surface area contributed by atoms with Crippen molar-refractivity contribution in [1.29, 1.82) is 0 Å². The zero-order valence-corrected chi connectivity index (χ0v) is 17.5. The normalized spacial score (nSPS) is 16.5. The van der Waals surface area contributed by atoms with Crippen LogP contribution in [0.2, 0.25) is 0 Å². The van der Waals surface area contributed by atoms with E-state index in [0.717, 1.165) is 60.5 Å². The third-order valence-electron chi connectivity index (χ3n) is 5.77. The van der Waals surface area contributed by atoms with Crippen LogP contribution in [0, 0.1) is 13.8 Å². The molecule has 0 saturated carbocycles. The standard InChI is InChI=1S/C24H29N3O2/c1-17-11-12-18(2)23(16-17)29-15-7-14-27-21-9-5-4-8-20(21)25-24(27)22-10-6-13-26(22)19(3)28/h4-5,8-9,11-12,16,22H,6-7,10,13-15H2,1-3H3/t22-/m1/s1. The number of fused-ring (bicyclic) bond motifs is 1. The highest BCUT2D eigenvalue weighted by atomic mass is 16.5. The van der Waals surface area contributed by atoms with Crippen LogP contribution in [0.1, 0.15) is 49.2 Å². The lowest BCUT2D eigenvalue weighted by atomic mass is 10.1. The van der Waals surface area contributed by atoms with Crippen LogP contribution < -0.4 is 4.74 Å². The molecule has 29 heavy (non-hydrogen) atoms. The molecule has 0 spiro atoms. The zero-order valence-electron chi connectivity index (χ0n) is 17.5. The number of aromatic nitrogens is 2. The molecular formula is C24H29N3O2. The fourth-order valence-corrected chi connectivity index (χ4v) is 4.26. The van der Waals surface area contributed by atoms with Crippen LogP contribution in [0.25, 0.3) is 11.0 Å². The number of aryl methyl sites for hydroxylation is 3. The Kier molecular flexibility index (Phi) is 5.56. The molecule has 5 nitrogen and oxygen atoms in total. The third kappa shape index (κ3) is 4.00. The summed E-state index contributed by atoms with van der Waals surface area (Å²) in [5.74, 6) is 2.09.